The molecule has 0 bridgehead atoms. The molecule has 0 radical (unpaired) electrons. The minimum atomic E-state index is -0.0675. The number of piperidine rings is 1. The topological polar surface area (TPSA) is 117 Å². The van der Waals surface area contributed by atoms with Gasteiger partial charge in [-0.15, -0.1) is 0 Å². The van der Waals surface area contributed by atoms with Crippen LogP contribution in [-0.2, 0) is 20.8 Å². The Hall–Kier alpha value is -3.90. The molecule has 3 aromatic heterocycles. The van der Waals surface area contributed by atoms with Gasteiger partial charge in [-0.25, -0.2) is 19.7 Å². The van der Waals surface area contributed by atoms with Crippen LogP contribution in [0.4, 0.5) is 16.4 Å². The van der Waals surface area contributed by atoms with Gasteiger partial charge < -0.3 is 24.2 Å². The van der Waals surface area contributed by atoms with Crippen LogP contribution in [0.5, 0.6) is 0 Å². The fraction of sp³-hybridized carbons (Fsp3) is 0.481. The Bertz CT molecular complexity index is 1370. The quantitative estimate of drug-likeness (QED) is 0.486. The highest BCUT2D eigenvalue weighted by Gasteiger charge is 2.37. The fourth-order valence-corrected chi connectivity index (χ4v) is 5.55. The number of hydrogen-bond acceptors (Lipinski definition) is 9. The molecule has 0 spiro atoms. The van der Waals surface area contributed by atoms with E-state index in [4.69, 9.17) is 14.5 Å². The average molecular weight is 533 g/mol. The van der Waals surface area contributed by atoms with Gasteiger partial charge in [0.2, 0.25) is 11.9 Å². The molecule has 6 rings (SSSR count). The second-order valence-corrected chi connectivity index (χ2v) is 10.1. The van der Waals surface area contributed by atoms with Crippen molar-refractivity contribution in [2.24, 2.45) is 0 Å². The van der Waals surface area contributed by atoms with Gasteiger partial charge in [-0.05, 0) is 25.0 Å². The molecule has 12 nitrogen and oxygen atoms in total. The Labute approximate surface area is 226 Å². The van der Waals surface area contributed by atoms with E-state index in [1.54, 1.807) is 29.2 Å². The van der Waals surface area contributed by atoms with E-state index < -0.39 is 0 Å². The lowest BCUT2D eigenvalue weighted by Crippen LogP contribution is -2.54. The molecule has 3 aliphatic heterocycles. The van der Waals surface area contributed by atoms with Gasteiger partial charge in [-0.2, -0.15) is 0 Å². The van der Waals surface area contributed by atoms with Crippen molar-refractivity contribution >= 4 is 34.6 Å². The second kappa shape index (κ2) is 10.7. The zero-order valence-electron chi connectivity index (χ0n) is 22.2. The van der Waals surface area contributed by atoms with Crippen LogP contribution in [0.15, 0.2) is 30.7 Å². The maximum absolute atomic E-state index is 13.6. The van der Waals surface area contributed by atoms with Crippen LogP contribution in [-0.4, -0.2) is 108 Å². The summed E-state index contributed by atoms with van der Waals surface area (Å²) >= 11 is 0. The Morgan fingerprint density at radius 3 is 2.51 bits per heavy atom. The van der Waals surface area contributed by atoms with Crippen LogP contribution in [0.3, 0.4) is 0 Å². The van der Waals surface area contributed by atoms with Crippen LogP contribution in [0.2, 0.25) is 0 Å². The maximum Gasteiger partial charge on any atom is 0.324 e. The molecule has 0 aromatic carbocycles. The number of carbonyl (C=O) groups is 2. The molecule has 39 heavy (non-hydrogen) atoms. The first-order valence-electron chi connectivity index (χ1n) is 13.3. The normalized spacial score (nSPS) is 18.6. The molecule has 0 unspecified atom stereocenters. The number of likely N-dealkylation sites (tertiary alicyclic amines) is 1. The highest BCUT2D eigenvalue weighted by Crippen LogP contribution is 2.37. The number of amides is 3. The third-order valence-corrected chi connectivity index (χ3v) is 7.62. The minimum absolute atomic E-state index is 0.0266. The van der Waals surface area contributed by atoms with Crippen molar-refractivity contribution in [3.05, 3.63) is 36.3 Å². The van der Waals surface area contributed by atoms with Gasteiger partial charge in [0.1, 0.15) is 12.1 Å². The predicted octanol–water partition coefficient (Wildman–Crippen LogP) is 1.93. The first-order chi connectivity index (χ1) is 19.0. The van der Waals surface area contributed by atoms with Crippen molar-refractivity contribution < 1.29 is 19.1 Å². The molecular weight excluding hydrogens is 500 g/mol. The van der Waals surface area contributed by atoms with E-state index >= 15 is 0 Å². The molecule has 204 valence electrons. The number of carbonyl (C=O) groups excluding carboxylic acids is 2. The summed E-state index contributed by atoms with van der Waals surface area (Å²) in [5.41, 5.74) is 4.67. The van der Waals surface area contributed by atoms with Gasteiger partial charge in [0.25, 0.3) is 0 Å². The standard InChI is InChI=1S/C27H32N8O4/c1-32-16-19-15-28-22-4-3-21(18-13-29-26(30-14-18)34-9-11-39-12-10-34)31-24(22)25(19)35(27(32)37)20-5-7-33(8-6-20)23(36)17-38-2/h3-4,13-15,20H,5-12,16-17H2,1-2H3. The fourth-order valence-electron chi connectivity index (χ4n) is 5.55. The van der Waals surface area contributed by atoms with Crippen molar-refractivity contribution in [1.29, 1.82) is 0 Å². The van der Waals surface area contributed by atoms with Gasteiger partial charge >= 0.3 is 6.03 Å². The van der Waals surface area contributed by atoms with E-state index in [-0.39, 0.29) is 24.6 Å². The molecule has 2 fully saturated rings. The van der Waals surface area contributed by atoms with Gasteiger partial charge in [0, 0.05) is 76.1 Å². The summed E-state index contributed by atoms with van der Waals surface area (Å²) < 4.78 is 10.4. The van der Waals surface area contributed by atoms with E-state index in [0.717, 1.165) is 41.1 Å². The summed E-state index contributed by atoms with van der Waals surface area (Å²) in [6.07, 6.45) is 6.77. The van der Waals surface area contributed by atoms with E-state index in [9.17, 15) is 9.59 Å². The minimum Gasteiger partial charge on any atom is -0.378 e. The summed E-state index contributed by atoms with van der Waals surface area (Å²) in [7, 11) is 3.33. The van der Waals surface area contributed by atoms with Gasteiger partial charge in [-0.3, -0.25) is 14.7 Å². The third-order valence-electron chi connectivity index (χ3n) is 7.62. The largest absolute Gasteiger partial charge is 0.378 e. The van der Waals surface area contributed by atoms with Crippen molar-refractivity contribution in [3.8, 4) is 11.3 Å². The summed E-state index contributed by atoms with van der Waals surface area (Å²) in [6, 6.07) is 3.72. The highest BCUT2D eigenvalue weighted by atomic mass is 16.5. The molecule has 3 amide bonds. The number of pyridine rings is 2. The number of aromatic nitrogens is 4. The molecule has 6 heterocycles. The predicted molar refractivity (Wildman–Crippen MR) is 144 cm³/mol. The summed E-state index contributed by atoms with van der Waals surface area (Å²) in [5.74, 6) is 0.651. The number of urea groups is 1. The molecule has 0 atom stereocenters. The highest BCUT2D eigenvalue weighted by molar-refractivity contribution is 6.04. The summed E-state index contributed by atoms with van der Waals surface area (Å²) in [6.45, 7) is 4.55. The van der Waals surface area contributed by atoms with E-state index in [1.165, 1.54) is 7.11 Å². The van der Waals surface area contributed by atoms with E-state index in [0.29, 0.717) is 57.2 Å². The molecular formula is C27H32N8O4. The van der Waals surface area contributed by atoms with Crippen LogP contribution < -0.4 is 9.80 Å². The van der Waals surface area contributed by atoms with Gasteiger partial charge in [-0.1, -0.05) is 0 Å². The van der Waals surface area contributed by atoms with E-state index in [1.807, 2.05) is 23.2 Å². The zero-order chi connectivity index (χ0) is 26.9. The number of ether oxygens (including phenoxy) is 2. The number of fused-ring (bicyclic) bond motifs is 3. The zero-order valence-corrected chi connectivity index (χ0v) is 22.2. The van der Waals surface area contributed by atoms with Crippen LogP contribution in [0.25, 0.3) is 22.3 Å². The number of nitrogens with zero attached hydrogens (tertiary/aromatic N) is 8. The van der Waals surface area contributed by atoms with Gasteiger partial charge in [0.15, 0.2) is 0 Å². The first kappa shape index (κ1) is 25.4. The summed E-state index contributed by atoms with van der Waals surface area (Å²) in [5, 5.41) is 0. The van der Waals surface area contributed by atoms with Crippen molar-refractivity contribution in [3.63, 3.8) is 0 Å². The SMILES string of the molecule is COCC(=O)N1CCC(N2C(=O)N(C)Cc3cnc4ccc(-c5cnc(N6CCOCC6)nc5)nc4c32)CC1. The molecule has 3 aliphatic rings. The Balaban J connectivity index is 1.33. The third kappa shape index (κ3) is 4.85. The lowest BCUT2D eigenvalue weighted by molar-refractivity contribution is -0.136. The first-order valence-corrected chi connectivity index (χ1v) is 13.3. The second-order valence-electron chi connectivity index (χ2n) is 10.1. The van der Waals surface area contributed by atoms with Crippen LogP contribution >= 0.6 is 0 Å². The number of anilines is 2. The average Bonchev–Trinajstić information content (AvgIpc) is 2.98. The summed E-state index contributed by atoms with van der Waals surface area (Å²) in [4.78, 5) is 52.2. The lowest BCUT2D eigenvalue weighted by Gasteiger charge is -2.43. The number of methoxy groups -OCH3 is 1. The molecule has 3 aromatic rings. The number of rotatable bonds is 5. The maximum atomic E-state index is 13.6. The van der Waals surface area contributed by atoms with Crippen LogP contribution in [0.1, 0.15) is 18.4 Å². The number of hydrogen-bond donors (Lipinski definition) is 0. The van der Waals surface area contributed by atoms with Gasteiger partial charge in [0.05, 0.1) is 36.7 Å². The van der Waals surface area contributed by atoms with Crippen molar-refractivity contribution in [1.82, 2.24) is 29.7 Å². The molecule has 0 N–H and O–H groups in total. The number of morpholine rings is 1. The monoisotopic (exact) mass is 532 g/mol. The Kier molecular flexibility index (Phi) is 6.96. The Morgan fingerprint density at radius 2 is 1.79 bits per heavy atom. The smallest absolute Gasteiger partial charge is 0.324 e. The van der Waals surface area contributed by atoms with E-state index in [2.05, 4.69) is 19.9 Å². The molecule has 0 aliphatic carbocycles. The molecule has 2 saturated heterocycles. The molecule has 12 heteroatoms. The lowest BCUT2D eigenvalue weighted by atomic mass is 9.99. The molecule has 0 saturated carbocycles. The van der Waals surface area contributed by atoms with Crippen molar-refractivity contribution in [2.75, 3.05) is 70.0 Å². The van der Waals surface area contributed by atoms with Crippen molar-refractivity contribution in [2.45, 2.75) is 25.4 Å². The Morgan fingerprint density at radius 1 is 1.05 bits per heavy atom. The van der Waals surface area contributed by atoms with Crippen LogP contribution in [0, 0.1) is 0 Å².